The fourth-order valence-corrected chi connectivity index (χ4v) is 15.2. The molecular formula is C76H88N32O8S2. The normalized spacial score (nSPS) is 11.4. The van der Waals surface area contributed by atoms with Crippen LogP contribution < -0.4 is 34.4 Å². The average molecular weight is 1640 g/mol. The number of oxazole rings is 1. The van der Waals surface area contributed by atoms with Crippen molar-refractivity contribution in [2.45, 2.75) is 133 Å². The third-order valence-corrected chi connectivity index (χ3v) is 21.6. The molecule has 16 aromatic rings. The number of hydrogen-bond acceptors (Lipinski definition) is 29. The molecule has 0 saturated heterocycles. The highest BCUT2D eigenvalue weighted by atomic mass is 32.1. The van der Waals surface area contributed by atoms with E-state index in [1.807, 2.05) is 31.6 Å². The molecule has 16 rings (SSSR count). The van der Waals surface area contributed by atoms with E-state index in [9.17, 15) is 34.5 Å². The van der Waals surface area contributed by atoms with Gasteiger partial charge in [-0.15, -0.1) is 27.8 Å². The molecule has 0 spiro atoms. The van der Waals surface area contributed by atoms with Gasteiger partial charge >= 0.3 is 0 Å². The molecule has 0 aliphatic heterocycles. The standard InChI is InChI=1S/C20H24N8O2S.C20H24N8OS.C19H23N9O2.C17H17N7O3/c1-4-5-6-28-17(18(29)10(2)26-28)20-25-16(14(8-21)31-20)15-11-9-23-27(3)13(11)7-12(24-15)19(22)30;1-4-5-6-28-15(7-11(2)26-28)20-25-18(16(9-21)30-20)17-12-10-23-27(3)14(12)8-13(24-17)19(22)29;1-5-6-7-28-15(16(29)10(2)24-28)18-23-19(27(4)25-18)14-11-9-21-26(3)13(11)8-12(22-14)17(20)30;1-4-24-14(15(25)8(2)22-24)17-21-11(7-27-17)13-9-6-19-23(3)12(9)5-10(20-13)16(18)26/h7,9,29H,4-6,8,21H2,1-3H3,(H2,22,30);7-8,10H,4-6,9,21H2,1-3H3,(H2,22,29);8-9,29H,5-7H2,1-4H3,(H2,20,30);5-7,25H,4H2,1-3H3,(H2,18,26). The molecule has 0 bridgehead atoms. The minimum Gasteiger partial charge on any atom is -0.504 e. The number of aromatic hydroxyl groups is 3. The number of rotatable bonds is 24. The zero-order valence-electron chi connectivity index (χ0n) is 67.0. The van der Waals surface area contributed by atoms with E-state index < -0.39 is 23.6 Å². The van der Waals surface area contributed by atoms with Crippen LogP contribution in [0.25, 0.3) is 134 Å². The summed E-state index contributed by atoms with van der Waals surface area (Å²) in [6, 6.07) is 8.47. The number of carbonyl (C=O) groups is 4. The predicted octanol–water partition coefficient (Wildman–Crippen LogP) is 8.11. The van der Waals surface area contributed by atoms with Crippen molar-refractivity contribution < 1.29 is 38.9 Å². The van der Waals surface area contributed by atoms with Gasteiger partial charge in [-0.25, -0.2) is 44.6 Å². The van der Waals surface area contributed by atoms with Crippen molar-refractivity contribution in [2.24, 2.45) is 69.6 Å². The summed E-state index contributed by atoms with van der Waals surface area (Å²) < 4.78 is 20.8. The summed E-state index contributed by atoms with van der Waals surface area (Å²) in [5, 5.41) is 75.2. The molecule has 15 N–H and O–H groups in total. The quantitative estimate of drug-likeness (QED) is 0.0276. The van der Waals surface area contributed by atoms with Gasteiger partial charge in [0.15, 0.2) is 28.8 Å². The van der Waals surface area contributed by atoms with Gasteiger partial charge in [0.25, 0.3) is 23.6 Å². The van der Waals surface area contributed by atoms with Crippen molar-refractivity contribution >= 4 is 89.9 Å². The van der Waals surface area contributed by atoms with E-state index in [1.165, 1.54) is 28.9 Å². The van der Waals surface area contributed by atoms with E-state index in [0.29, 0.717) is 144 Å². The van der Waals surface area contributed by atoms with Crippen LogP contribution in [0.4, 0.5) is 0 Å². The summed E-state index contributed by atoms with van der Waals surface area (Å²) in [4.78, 5) is 85.4. The van der Waals surface area contributed by atoms with Crippen LogP contribution in [0.2, 0.25) is 0 Å². The van der Waals surface area contributed by atoms with Gasteiger partial charge in [-0.05, 0) is 84.2 Å². The Bertz CT molecular complexity index is 6520. The molecule has 16 aromatic heterocycles. The maximum atomic E-state index is 11.9. The number of primary amides is 4. The van der Waals surface area contributed by atoms with E-state index >= 15 is 0 Å². The summed E-state index contributed by atoms with van der Waals surface area (Å²) in [7, 11) is 8.84. The van der Waals surface area contributed by atoms with E-state index in [0.717, 1.165) is 87.5 Å². The number of amides is 4. The van der Waals surface area contributed by atoms with Gasteiger partial charge in [0, 0.05) is 106 Å². The molecule has 0 aliphatic carbocycles. The maximum absolute atomic E-state index is 11.9. The van der Waals surface area contributed by atoms with E-state index in [-0.39, 0.29) is 52.5 Å². The van der Waals surface area contributed by atoms with Crippen LogP contribution in [0.3, 0.4) is 0 Å². The van der Waals surface area contributed by atoms with Crippen molar-refractivity contribution in [1.82, 2.24) is 128 Å². The third kappa shape index (κ3) is 15.8. The van der Waals surface area contributed by atoms with Gasteiger partial charge in [0.2, 0.25) is 11.7 Å². The van der Waals surface area contributed by atoms with E-state index in [1.54, 1.807) is 135 Å². The van der Waals surface area contributed by atoms with Crippen LogP contribution in [0.15, 0.2) is 65.8 Å². The summed E-state index contributed by atoms with van der Waals surface area (Å²) in [6.45, 7) is 18.6. The number of aromatic nitrogens is 26. The smallest absolute Gasteiger partial charge is 0.267 e. The molecule has 612 valence electrons. The number of thiazole rings is 2. The fourth-order valence-electron chi connectivity index (χ4n) is 13.3. The number of fused-ring (bicyclic) bond motifs is 4. The number of unbranched alkanes of at least 4 members (excludes halogenated alkanes) is 3. The van der Waals surface area contributed by atoms with Gasteiger partial charge in [-0.3, -0.25) is 56.6 Å². The number of nitrogens with two attached hydrogens (primary N) is 6. The number of carbonyl (C=O) groups excluding carboxylic acids is 4. The largest absolute Gasteiger partial charge is 0.504 e. The molecule has 0 atom stereocenters. The first-order chi connectivity index (χ1) is 56.5. The summed E-state index contributed by atoms with van der Waals surface area (Å²) in [6.07, 6.45) is 14.0. The van der Waals surface area contributed by atoms with Crippen LogP contribution in [0.1, 0.15) is 141 Å². The second-order valence-electron chi connectivity index (χ2n) is 27.7. The van der Waals surface area contributed by atoms with Gasteiger partial charge in [-0.1, -0.05) is 40.0 Å². The molecule has 4 amide bonds. The van der Waals surface area contributed by atoms with Crippen molar-refractivity contribution in [1.29, 1.82) is 0 Å². The molecular weight excluding hydrogens is 1550 g/mol. The molecule has 0 aliphatic rings. The Hall–Kier alpha value is -13.9. The Balaban J connectivity index is 0.000000137. The monoisotopic (exact) mass is 1640 g/mol. The fraction of sp³-hybridized carbons (Fsp3) is 0.329. The third-order valence-electron chi connectivity index (χ3n) is 19.4. The molecule has 0 unspecified atom stereocenters. The van der Waals surface area contributed by atoms with Crippen LogP contribution in [-0.2, 0) is 74.5 Å². The zero-order chi connectivity index (χ0) is 84.6. The second-order valence-corrected chi connectivity index (χ2v) is 29.8. The molecule has 16 heterocycles. The van der Waals surface area contributed by atoms with Crippen LogP contribution in [0, 0.1) is 27.7 Å². The second kappa shape index (κ2) is 33.9. The van der Waals surface area contributed by atoms with Crippen molar-refractivity contribution in [2.75, 3.05) is 0 Å². The van der Waals surface area contributed by atoms with Crippen LogP contribution >= 0.6 is 22.7 Å². The number of aryl methyl sites for hydroxylation is 13. The highest BCUT2D eigenvalue weighted by molar-refractivity contribution is 7.15. The first-order valence-electron chi connectivity index (χ1n) is 37.6. The number of hydrogen-bond donors (Lipinski definition) is 9. The van der Waals surface area contributed by atoms with E-state index in [4.69, 9.17) is 48.8 Å². The lowest BCUT2D eigenvalue weighted by Crippen LogP contribution is -2.14. The molecule has 0 radical (unpaired) electrons. The first-order valence-corrected chi connectivity index (χ1v) is 39.3. The summed E-state index contributed by atoms with van der Waals surface area (Å²) in [5.74, 6) is -1.43. The van der Waals surface area contributed by atoms with Gasteiger partial charge < -0.3 is 54.1 Å². The Labute approximate surface area is 680 Å². The van der Waals surface area contributed by atoms with Crippen LogP contribution in [0.5, 0.6) is 17.2 Å². The first kappa shape index (κ1) is 82.1. The average Bonchev–Trinajstić information content (AvgIpc) is 1.62. The SMILES string of the molecule is CCCCn1nc(C)c(O)c1-c1nc(-c2nc(C(N)=O)cc3c2cnn3C)c(CN)s1.CCCCn1nc(C)c(O)c1-c1nc(-c2nc(C(N)=O)cc3c2cnn3C)n(C)n1.CCCCn1nc(C)cc1-c1nc(-c2nc(C(N)=O)cc3c2cnn3C)c(CN)s1.CCn1nc(C)c(O)c1-c1nc(-c2nc(C(N)=O)cc3c2cnn3C)co1. The van der Waals surface area contributed by atoms with Crippen molar-refractivity contribution in [3.05, 3.63) is 117 Å². The van der Waals surface area contributed by atoms with Gasteiger partial charge in [0.05, 0.1) is 58.2 Å². The van der Waals surface area contributed by atoms with Crippen molar-refractivity contribution in [3.8, 4) is 107 Å². The van der Waals surface area contributed by atoms with Gasteiger partial charge in [-0.2, -0.15) is 40.8 Å². The minimum atomic E-state index is -0.652. The lowest BCUT2D eigenvalue weighted by Gasteiger charge is -2.05. The molecule has 42 heteroatoms. The molecule has 40 nitrogen and oxygen atoms in total. The molecule has 0 aromatic carbocycles. The lowest BCUT2D eigenvalue weighted by molar-refractivity contribution is 0.0987. The highest BCUT2D eigenvalue weighted by Crippen LogP contribution is 2.43. The van der Waals surface area contributed by atoms with Crippen LogP contribution in [-0.4, -0.2) is 167 Å². The Morgan fingerprint density at radius 2 is 0.814 bits per heavy atom. The Kier molecular flexibility index (Phi) is 23.6. The Morgan fingerprint density at radius 1 is 0.424 bits per heavy atom. The number of pyridine rings is 4. The minimum absolute atomic E-state index is 0.00983. The number of nitrogens with zero attached hydrogens (tertiary/aromatic N) is 26. The summed E-state index contributed by atoms with van der Waals surface area (Å²) in [5.41, 5.74) is 45.7. The highest BCUT2D eigenvalue weighted by Gasteiger charge is 2.30. The van der Waals surface area contributed by atoms with E-state index in [2.05, 4.69) is 96.6 Å². The molecule has 0 saturated carbocycles. The Morgan fingerprint density at radius 3 is 1.26 bits per heavy atom. The lowest BCUT2D eigenvalue weighted by atomic mass is 10.1. The topological polar surface area (TPSA) is 562 Å². The zero-order valence-corrected chi connectivity index (χ0v) is 68.7. The maximum Gasteiger partial charge on any atom is 0.267 e. The summed E-state index contributed by atoms with van der Waals surface area (Å²) >= 11 is 2.89. The van der Waals surface area contributed by atoms with Crippen molar-refractivity contribution in [3.63, 3.8) is 0 Å². The van der Waals surface area contributed by atoms with Gasteiger partial charge in [0.1, 0.15) is 107 Å². The predicted molar refractivity (Wildman–Crippen MR) is 441 cm³/mol. The molecule has 118 heavy (non-hydrogen) atoms. The molecule has 0 fully saturated rings.